The Labute approximate surface area is 179 Å². The van der Waals surface area contributed by atoms with E-state index in [1.165, 1.54) is 32.7 Å². The van der Waals surface area contributed by atoms with Gasteiger partial charge in [0.1, 0.15) is 0 Å². The molecule has 2 aromatic rings. The van der Waals surface area contributed by atoms with Crippen LogP contribution in [0.2, 0.25) is 0 Å². The molecule has 0 saturated carbocycles. The Balaban J connectivity index is 1.84. The van der Waals surface area contributed by atoms with Crippen molar-refractivity contribution in [1.82, 2.24) is 0 Å². The maximum atomic E-state index is 13.1. The lowest BCUT2D eigenvalue weighted by Gasteiger charge is -2.30. The van der Waals surface area contributed by atoms with Crippen LogP contribution in [0.1, 0.15) is 81.5 Å². The molecule has 0 saturated heterocycles. The molecule has 1 N–H and O–H groups in total. The molecule has 29 heavy (non-hydrogen) atoms. The highest BCUT2D eigenvalue weighted by atomic mass is 32.1. The van der Waals surface area contributed by atoms with Gasteiger partial charge in [-0.1, -0.05) is 39.0 Å². The molecule has 0 amide bonds. The molecule has 1 aromatic heterocycles. The number of benzene rings is 1. The Kier molecular flexibility index (Phi) is 6.80. The van der Waals surface area contributed by atoms with Gasteiger partial charge in [-0.3, -0.25) is 4.79 Å². The number of fused-ring (bicyclic) bond motifs is 1. The van der Waals surface area contributed by atoms with Crippen LogP contribution in [-0.4, -0.2) is 17.5 Å². The van der Waals surface area contributed by atoms with E-state index in [2.05, 4.69) is 46.8 Å². The first-order chi connectivity index (χ1) is 13.8. The smallest absolute Gasteiger partial charge is 0.196 e. The first-order valence-electron chi connectivity index (χ1n) is 10.8. The van der Waals surface area contributed by atoms with Crippen LogP contribution in [0, 0.1) is 19.3 Å². The van der Waals surface area contributed by atoms with E-state index >= 15 is 0 Å². The standard InChI is InChI=1S/C26H34O2S/c1-6-24-22-16-26(4,5)12-11-21(22)25(29-24)23(28)10-9-19-14-17(2)20(8-7-13-27)18(3)15-19/h9-10,14-15,27H,6-8,11-13,16H2,1-5H3. The number of aliphatic hydroxyl groups is 1. The summed E-state index contributed by atoms with van der Waals surface area (Å²) in [6.45, 7) is 11.3. The molecule has 1 aliphatic carbocycles. The van der Waals surface area contributed by atoms with Gasteiger partial charge in [0, 0.05) is 11.5 Å². The van der Waals surface area contributed by atoms with Crippen molar-refractivity contribution in [1.29, 1.82) is 0 Å². The van der Waals surface area contributed by atoms with Crippen molar-refractivity contribution in [2.75, 3.05) is 6.61 Å². The summed E-state index contributed by atoms with van der Waals surface area (Å²) in [5, 5.41) is 9.10. The van der Waals surface area contributed by atoms with Crippen molar-refractivity contribution >= 4 is 23.2 Å². The fraction of sp³-hybridized carbons (Fsp3) is 0.500. The zero-order valence-electron chi connectivity index (χ0n) is 18.5. The molecule has 0 bridgehead atoms. The number of carbonyl (C=O) groups is 1. The van der Waals surface area contributed by atoms with Gasteiger partial charge in [0.2, 0.25) is 0 Å². The number of allylic oxidation sites excluding steroid dienone is 1. The van der Waals surface area contributed by atoms with Crippen LogP contribution in [0.3, 0.4) is 0 Å². The fourth-order valence-electron chi connectivity index (χ4n) is 4.56. The third-order valence-electron chi connectivity index (χ3n) is 6.18. The Morgan fingerprint density at radius 3 is 2.52 bits per heavy atom. The molecule has 0 radical (unpaired) electrons. The average molecular weight is 411 g/mol. The van der Waals surface area contributed by atoms with Gasteiger partial charge in [0.05, 0.1) is 4.88 Å². The first kappa shape index (κ1) is 22.0. The molecule has 0 aliphatic heterocycles. The van der Waals surface area contributed by atoms with Crippen LogP contribution in [0.25, 0.3) is 6.08 Å². The van der Waals surface area contributed by atoms with E-state index in [1.807, 2.05) is 6.08 Å². The number of aliphatic hydroxyl groups excluding tert-OH is 1. The summed E-state index contributed by atoms with van der Waals surface area (Å²) in [6.07, 6.45) is 9.67. The van der Waals surface area contributed by atoms with Crippen molar-refractivity contribution in [3.05, 3.63) is 61.3 Å². The molecule has 0 unspecified atom stereocenters. The van der Waals surface area contributed by atoms with E-state index in [0.717, 1.165) is 49.0 Å². The molecular weight excluding hydrogens is 376 g/mol. The summed E-state index contributed by atoms with van der Waals surface area (Å²) < 4.78 is 0. The molecular formula is C26H34O2S. The van der Waals surface area contributed by atoms with E-state index in [0.29, 0.717) is 5.41 Å². The number of rotatable bonds is 7. The molecule has 1 heterocycles. The zero-order valence-corrected chi connectivity index (χ0v) is 19.3. The Bertz CT molecular complexity index is 907. The quantitative estimate of drug-likeness (QED) is 0.432. The van der Waals surface area contributed by atoms with Crippen LogP contribution >= 0.6 is 11.3 Å². The lowest BCUT2D eigenvalue weighted by atomic mass is 9.74. The van der Waals surface area contributed by atoms with Crippen LogP contribution in [0.15, 0.2) is 18.2 Å². The second-order valence-corrected chi connectivity index (χ2v) is 10.3. The second-order valence-electron chi connectivity index (χ2n) is 9.16. The van der Waals surface area contributed by atoms with Gasteiger partial charge in [0.25, 0.3) is 0 Å². The number of hydrogen-bond donors (Lipinski definition) is 1. The van der Waals surface area contributed by atoms with Gasteiger partial charge < -0.3 is 5.11 Å². The fourth-order valence-corrected chi connectivity index (χ4v) is 5.78. The summed E-state index contributed by atoms with van der Waals surface area (Å²) in [6, 6.07) is 4.29. The van der Waals surface area contributed by atoms with Gasteiger partial charge in [0.15, 0.2) is 5.78 Å². The molecule has 156 valence electrons. The third-order valence-corrected chi connectivity index (χ3v) is 7.62. The van der Waals surface area contributed by atoms with Gasteiger partial charge in [-0.2, -0.15) is 0 Å². The van der Waals surface area contributed by atoms with E-state index in [9.17, 15) is 4.79 Å². The van der Waals surface area contributed by atoms with E-state index < -0.39 is 0 Å². The SMILES string of the molecule is CCc1sc(C(=O)C=Cc2cc(C)c(CCCO)c(C)c2)c2c1CC(C)(C)CC2. The predicted octanol–water partition coefficient (Wildman–Crippen LogP) is 6.26. The predicted molar refractivity (Wildman–Crippen MR) is 124 cm³/mol. The maximum Gasteiger partial charge on any atom is 0.196 e. The number of ketones is 1. The first-order valence-corrected chi connectivity index (χ1v) is 11.6. The highest BCUT2D eigenvalue weighted by Gasteiger charge is 2.31. The second kappa shape index (κ2) is 8.97. The normalized spacial score (nSPS) is 15.7. The molecule has 3 heteroatoms. The monoisotopic (exact) mass is 410 g/mol. The summed E-state index contributed by atoms with van der Waals surface area (Å²) >= 11 is 1.71. The summed E-state index contributed by atoms with van der Waals surface area (Å²) in [4.78, 5) is 15.4. The van der Waals surface area contributed by atoms with Gasteiger partial charge in [-0.15, -0.1) is 11.3 Å². The van der Waals surface area contributed by atoms with E-state index in [-0.39, 0.29) is 12.4 Å². The third kappa shape index (κ3) is 4.90. The maximum absolute atomic E-state index is 13.1. The van der Waals surface area contributed by atoms with Crippen molar-refractivity contribution in [2.45, 2.75) is 73.1 Å². The lowest BCUT2D eigenvalue weighted by molar-refractivity contribution is 0.105. The van der Waals surface area contributed by atoms with Crippen molar-refractivity contribution in [2.24, 2.45) is 5.41 Å². The summed E-state index contributed by atoms with van der Waals surface area (Å²) in [5.41, 5.74) is 7.94. The van der Waals surface area contributed by atoms with Crippen LogP contribution in [0.5, 0.6) is 0 Å². The minimum Gasteiger partial charge on any atom is -0.396 e. The number of aryl methyl sites for hydroxylation is 3. The highest BCUT2D eigenvalue weighted by molar-refractivity contribution is 7.14. The lowest BCUT2D eigenvalue weighted by Crippen LogP contribution is -2.22. The van der Waals surface area contributed by atoms with Gasteiger partial charge in [-0.05, 0) is 97.2 Å². The largest absolute Gasteiger partial charge is 0.396 e. The van der Waals surface area contributed by atoms with Crippen molar-refractivity contribution < 1.29 is 9.90 Å². The summed E-state index contributed by atoms with van der Waals surface area (Å²) in [5.74, 6) is 0.144. The van der Waals surface area contributed by atoms with Gasteiger partial charge >= 0.3 is 0 Å². The van der Waals surface area contributed by atoms with Gasteiger partial charge in [-0.25, -0.2) is 0 Å². The molecule has 3 rings (SSSR count). The Hall–Kier alpha value is -1.71. The Morgan fingerprint density at radius 2 is 1.90 bits per heavy atom. The van der Waals surface area contributed by atoms with E-state index in [4.69, 9.17) is 5.11 Å². The minimum absolute atomic E-state index is 0.144. The number of carbonyl (C=O) groups excluding carboxylic acids is 1. The number of hydrogen-bond acceptors (Lipinski definition) is 3. The molecule has 0 atom stereocenters. The highest BCUT2D eigenvalue weighted by Crippen LogP contribution is 2.42. The molecule has 1 aliphatic rings. The Morgan fingerprint density at radius 1 is 1.21 bits per heavy atom. The molecule has 2 nitrogen and oxygen atoms in total. The minimum atomic E-state index is 0.144. The molecule has 0 fully saturated rings. The summed E-state index contributed by atoms with van der Waals surface area (Å²) in [7, 11) is 0. The topological polar surface area (TPSA) is 37.3 Å². The van der Waals surface area contributed by atoms with Crippen molar-refractivity contribution in [3.63, 3.8) is 0 Å². The van der Waals surface area contributed by atoms with E-state index in [1.54, 1.807) is 17.4 Å². The van der Waals surface area contributed by atoms with Crippen LogP contribution in [-0.2, 0) is 25.7 Å². The molecule has 0 spiro atoms. The van der Waals surface area contributed by atoms with Crippen molar-refractivity contribution in [3.8, 4) is 0 Å². The van der Waals surface area contributed by atoms with Crippen LogP contribution in [0.4, 0.5) is 0 Å². The number of thiophene rings is 1. The average Bonchev–Trinajstić information content (AvgIpc) is 3.02. The van der Waals surface area contributed by atoms with Crippen LogP contribution < -0.4 is 0 Å². The molecule has 1 aromatic carbocycles. The zero-order chi connectivity index (χ0) is 21.2.